The molecule has 2 heterocycles. The van der Waals surface area contributed by atoms with Gasteiger partial charge in [0.2, 0.25) is 0 Å². The second kappa shape index (κ2) is 8.89. The maximum atomic E-state index is 12.8. The van der Waals surface area contributed by atoms with Gasteiger partial charge in [-0.2, -0.15) is 0 Å². The van der Waals surface area contributed by atoms with E-state index in [4.69, 9.17) is 9.47 Å². The van der Waals surface area contributed by atoms with Crippen molar-refractivity contribution in [3.05, 3.63) is 82.4 Å². The number of methoxy groups -OCH3 is 1. The van der Waals surface area contributed by atoms with Crippen LogP contribution >= 0.6 is 0 Å². The van der Waals surface area contributed by atoms with Gasteiger partial charge in [-0.3, -0.25) is 9.59 Å². The maximum absolute atomic E-state index is 12.8. The van der Waals surface area contributed by atoms with E-state index in [1.807, 2.05) is 61.5 Å². The number of rotatable bonds is 7. The molecule has 158 valence electrons. The number of carbonyl (C=O) groups is 1. The van der Waals surface area contributed by atoms with E-state index in [2.05, 4.69) is 15.3 Å². The van der Waals surface area contributed by atoms with E-state index in [1.54, 1.807) is 13.2 Å². The number of amides is 1. The summed E-state index contributed by atoms with van der Waals surface area (Å²) in [4.78, 5) is 31.3. The molecule has 0 atom stereocenters. The first-order valence-electron chi connectivity index (χ1n) is 9.93. The number of nitrogens with one attached hydrogen (secondary N) is 3. The summed E-state index contributed by atoms with van der Waals surface area (Å²) in [6.45, 7) is 2.57. The number of aromatic nitrogens is 2. The number of para-hydroxylation sites is 2. The zero-order valence-corrected chi connectivity index (χ0v) is 17.3. The fraction of sp³-hybridized carbons (Fsp3) is 0.167. The Bertz CT molecular complexity index is 1280. The number of aromatic amines is 2. The highest BCUT2D eigenvalue weighted by Crippen LogP contribution is 2.37. The predicted octanol–water partition coefficient (Wildman–Crippen LogP) is 4.00. The predicted molar refractivity (Wildman–Crippen MR) is 120 cm³/mol. The molecule has 4 aromatic rings. The van der Waals surface area contributed by atoms with Gasteiger partial charge in [-0.05, 0) is 37.3 Å². The van der Waals surface area contributed by atoms with E-state index in [9.17, 15) is 9.59 Å². The molecule has 7 heteroatoms. The summed E-state index contributed by atoms with van der Waals surface area (Å²) < 4.78 is 11.1. The summed E-state index contributed by atoms with van der Waals surface area (Å²) in [7, 11) is 1.56. The Hall–Kier alpha value is -3.84. The molecule has 2 aromatic heterocycles. The highest BCUT2D eigenvalue weighted by molar-refractivity contribution is 6.02. The Morgan fingerprint density at radius 2 is 1.77 bits per heavy atom. The molecule has 0 bridgehead atoms. The lowest BCUT2D eigenvalue weighted by Gasteiger charge is -2.11. The Morgan fingerprint density at radius 3 is 2.55 bits per heavy atom. The Labute approximate surface area is 179 Å². The Kier molecular flexibility index (Phi) is 5.86. The summed E-state index contributed by atoms with van der Waals surface area (Å²) in [5, 5.41) is 3.90. The van der Waals surface area contributed by atoms with Crippen LogP contribution in [0.25, 0.3) is 22.0 Å². The zero-order chi connectivity index (χ0) is 21.8. The molecule has 2 aromatic carbocycles. The van der Waals surface area contributed by atoms with Gasteiger partial charge in [0.25, 0.3) is 11.5 Å². The number of benzene rings is 2. The molecule has 0 saturated carbocycles. The second-order valence-electron chi connectivity index (χ2n) is 7.09. The molecule has 0 aliphatic carbocycles. The van der Waals surface area contributed by atoms with Gasteiger partial charge in [0.15, 0.2) is 0 Å². The van der Waals surface area contributed by atoms with E-state index in [0.717, 1.165) is 11.3 Å². The molecule has 0 fully saturated rings. The van der Waals surface area contributed by atoms with Crippen molar-refractivity contribution in [1.82, 2.24) is 15.3 Å². The first-order chi connectivity index (χ1) is 15.1. The minimum Gasteiger partial charge on any atom is -0.457 e. The van der Waals surface area contributed by atoms with Crippen LogP contribution in [0.2, 0.25) is 0 Å². The third-order valence-electron chi connectivity index (χ3n) is 4.95. The fourth-order valence-corrected chi connectivity index (χ4v) is 3.52. The largest absolute Gasteiger partial charge is 0.457 e. The van der Waals surface area contributed by atoms with Crippen LogP contribution in [-0.4, -0.2) is 36.1 Å². The van der Waals surface area contributed by atoms with Crippen LogP contribution in [0, 0.1) is 6.92 Å². The maximum Gasteiger partial charge on any atom is 0.267 e. The average Bonchev–Trinajstić information content (AvgIpc) is 3.11. The Morgan fingerprint density at radius 1 is 1.03 bits per heavy atom. The van der Waals surface area contributed by atoms with Crippen molar-refractivity contribution in [2.75, 3.05) is 20.3 Å². The third-order valence-corrected chi connectivity index (χ3v) is 4.95. The Balaban J connectivity index is 1.80. The summed E-state index contributed by atoms with van der Waals surface area (Å²) in [5.41, 5.74) is 2.09. The summed E-state index contributed by atoms with van der Waals surface area (Å²) in [6, 6.07) is 18.8. The van der Waals surface area contributed by atoms with Crippen LogP contribution in [0.5, 0.6) is 11.5 Å². The fourth-order valence-electron chi connectivity index (χ4n) is 3.52. The summed E-state index contributed by atoms with van der Waals surface area (Å²) >= 11 is 0. The first kappa shape index (κ1) is 20.4. The van der Waals surface area contributed by atoms with Crippen molar-refractivity contribution in [3.8, 4) is 22.8 Å². The molecule has 0 unspecified atom stereocenters. The average molecular weight is 417 g/mol. The molecule has 0 aliphatic rings. The van der Waals surface area contributed by atoms with Gasteiger partial charge in [-0.1, -0.05) is 30.3 Å². The minimum absolute atomic E-state index is 0.190. The standard InChI is InChI=1S/C24H23N3O4/c1-15-21-18(14-19(27-24(21)29)23(28)25-12-13-30-2)22(26-15)17-10-6-7-11-20(17)31-16-8-4-3-5-9-16/h3-11,14,26H,12-13H2,1-2H3,(H,25,28)(H,27,29). The van der Waals surface area contributed by atoms with Crippen LogP contribution in [0.15, 0.2) is 65.5 Å². The van der Waals surface area contributed by atoms with Crippen molar-refractivity contribution in [1.29, 1.82) is 0 Å². The molecule has 0 radical (unpaired) electrons. The van der Waals surface area contributed by atoms with Crippen LogP contribution in [0.1, 0.15) is 16.2 Å². The number of fused-ring (bicyclic) bond motifs is 1. The minimum atomic E-state index is -0.366. The number of hydrogen-bond donors (Lipinski definition) is 3. The third kappa shape index (κ3) is 4.22. The lowest BCUT2D eigenvalue weighted by atomic mass is 10.1. The van der Waals surface area contributed by atoms with E-state index in [0.29, 0.717) is 41.1 Å². The van der Waals surface area contributed by atoms with Crippen molar-refractivity contribution < 1.29 is 14.3 Å². The first-order valence-corrected chi connectivity index (χ1v) is 9.93. The highest BCUT2D eigenvalue weighted by Gasteiger charge is 2.19. The lowest BCUT2D eigenvalue weighted by molar-refractivity contribution is 0.0932. The van der Waals surface area contributed by atoms with Crippen molar-refractivity contribution >= 4 is 16.7 Å². The smallest absolute Gasteiger partial charge is 0.267 e. The zero-order valence-electron chi connectivity index (χ0n) is 17.3. The molecule has 0 saturated heterocycles. The van der Waals surface area contributed by atoms with Crippen LogP contribution < -0.4 is 15.6 Å². The molecular weight excluding hydrogens is 394 g/mol. The lowest BCUT2D eigenvalue weighted by Crippen LogP contribution is -2.29. The van der Waals surface area contributed by atoms with E-state index in [-0.39, 0.29) is 17.2 Å². The molecule has 7 nitrogen and oxygen atoms in total. The second-order valence-corrected chi connectivity index (χ2v) is 7.09. The monoisotopic (exact) mass is 417 g/mol. The number of carbonyl (C=O) groups excluding carboxylic acids is 1. The number of hydrogen-bond acceptors (Lipinski definition) is 4. The molecule has 0 aliphatic heterocycles. The molecule has 3 N–H and O–H groups in total. The number of pyridine rings is 1. The number of H-pyrrole nitrogens is 2. The van der Waals surface area contributed by atoms with Gasteiger partial charge in [-0.15, -0.1) is 0 Å². The van der Waals surface area contributed by atoms with Crippen molar-refractivity contribution in [2.45, 2.75) is 6.92 Å². The SMILES string of the molecule is COCCNC(=O)c1cc2c(-c3ccccc3Oc3ccccc3)[nH]c(C)c2c(=O)[nH]1. The molecule has 4 rings (SSSR count). The molecule has 1 amide bonds. The number of ether oxygens (including phenoxy) is 2. The van der Waals surface area contributed by atoms with E-state index in [1.165, 1.54) is 0 Å². The van der Waals surface area contributed by atoms with Crippen LogP contribution in [-0.2, 0) is 4.74 Å². The molecule has 31 heavy (non-hydrogen) atoms. The molecular formula is C24H23N3O4. The van der Waals surface area contributed by atoms with Gasteiger partial charge in [-0.25, -0.2) is 0 Å². The van der Waals surface area contributed by atoms with E-state index >= 15 is 0 Å². The van der Waals surface area contributed by atoms with Gasteiger partial charge in [0.05, 0.1) is 17.7 Å². The topological polar surface area (TPSA) is 96.2 Å². The van der Waals surface area contributed by atoms with Gasteiger partial charge >= 0.3 is 0 Å². The summed E-state index contributed by atoms with van der Waals surface area (Å²) in [6.07, 6.45) is 0. The van der Waals surface area contributed by atoms with Gasteiger partial charge < -0.3 is 24.8 Å². The van der Waals surface area contributed by atoms with Crippen molar-refractivity contribution in [2.24, 2.45) is 0 Å². The van der Waals surface area contributed by atoms with Gasteiger partial charge in [0.1, 0.15) is 17.2 Å². The van der Waals surface area contributed by atoms with Crippen LogP contribution in [0.3, 0.4) is 0 Å². The quantitative estimate of drug-likeness (QED) is 0.396. The normalized spacial score (nSPS) is 10.9. The summed E-state index contributed by atoms with van der Waals surface area (Å²) in [5.74, 6) is 0.983. The molecule has 0 spiro atoms. The van der Waals surface area contributed by atoms with Gasteiger partial charge in [0, 0.05) is 30.3 Å². The van der Waals surface area contributed by atoms with E-state index < -0.39 is 0 Å². The number of aryl methyl sites for hydroxylation is 1. The van der Waals surface area contributed by atoms with Crippen LogP contribution in [0.4, 0.5) is 0 Å². The van der Waals surface area contributed by atoms with Crippen molar-refractivity contribution in [3.63, 3.8) is 0 Å². The highest BCUT2D eigenvalue weighted by atomic mass is 16.5.